The van der Waals surface area contributed by atoms with Crippen LogP contribution in [0.2, 0.25) is 0 Å². The monoisotopic (exact) mass is 287 g/mol. The fourth-order valence-electron chi connectivity index (χ4n) is 3.69. The van der Waals surface area contributed by atoms with Gasteiger partial charge in [-0.05, 0) is 37.3 Å². The summed E-state index contributed by atoms with van der Waals surface area (Å²) in [6.07, 6.45) is 4.00. The summed E-state index contributed by atoms with van der Waals surface area (Å²) in [5.41, 5.74) is 1.47. The Hall–Kier alpha value is -0.900. The molecule has 0 unspecified atom stereocenters. The normalized spacial score (nSPS) is 25.0. The van der Waals surface area contributed by atoms with E-state index in [1.807, 2.05) is 0 Å². The standard InChI is InChI=1S/C18H29N3/c1-2-5-17(6-3-1)8-12-20-11-4-7-18(15-20)16-21-13-9-19-10-14-21/h1-3,5-6,18-19H,4,7-16H2/t18-/m1/s1. The number of benzene rings is 1. The Kier molecular flexibility index (Phi) is 5.67. The Bertz CT molecular complexity index is 400. The second-order valence-electron chi connectivity index (χ2n) is 6.60. The van der Waals surface area contributed by atoms with Crippen molar-refractivity contribution in [1.82, 2.24) is 15.1 Å². The van der Waals surface area contributed by atoms with E-state index in [0.717, 1.165) is 5.92 Å². The Labute approximate surface area is 129 Å². The average Bonchev–Trinajstić information content (AvgIpc) is 2.55. The molecule has 21 heavy (non-hydrogen) atoms. The van der Waals surface area contributed by atoms with E-state index in [4.69, 9.17) is 0 Å². The van der Waals surface area contributed by atoms with Crippen LogP contribution in [0.1, 0.15) is 18.4 Å². The molecule has 3 nitrogen and oxygen atoms in total. The van der Waals surface area contributed by atoms with Crippen molar-refractivity contribution in [2.45, 2.75) is 19.3 Å². The lowest BCUT2D eigenvalue weighted by Crippen LogP contribution is -2.48. The van der Waals surface area contributed by atoms with Crippen LogP contribution in [0.4, 0.5) is 0 Å². The molecule has 2 fully saturated rings. The second kappa shape index (κ2) is 7.92. The third-order valence-electron chi connectivity index (χ3n) is 4.89. The Balaban J connectivity index is 1.42. The van der Waals surface area contributed by atoms with Gasteiger partial charge in [-0.1, -0.05) is 30.3 Å². The summed E-state index contributed by atoms with van der Waals surface area (Å²) in [7, 11) is 0. The van der Waals surface area contributed by atoms with Crippen molar-refractivity contribution in [2.24, 2.45) is 5.92 Å². The SMILES string of the molecule is c1ccc(CCN2CCC[C@@H](CN3CCNCC3)C2)cc1. The summed E-state index contributed by atoms with van der Waals surface area (Å²) in [6.45, 7) is 9.95. The number of hydrogen-bond donors (Lipinski definition) is 1. The van der Waals surface area contributed by atoms with Gasteiger partial charge < -0.3 is 15.1 Å². The molecule has 3 heteroatoms. The molecule has 2 aliphatic heterocycles. The summed E-state index contributed by atoms with van der Waals surface area (Å²) in [4.78, 5) is 5.34. The van der Waals surface area contributed by atoms with E-state index in [9.17, 15) is 0 Å². The number of piperidine rings is 1. The van der Waals surface area contributed by atoms with Gasteiger partial charge in [-0.15, -0.1) is 0 Å². The lowest BCUT2D eigenvalue weighted by molar-refractivity contribution is 0.127. The van der Waals surface area contributed by atoms with Crippen LogP contribution >= 0.6 is 0 Å². The van der Waals surface area contributed by atoms with Crippen LogP contribution in [0.25, 0.3) is 0 Å². The Morgan fingerprint density at radius 1 is 1.00 bits per heavy atom. The first-order chi connectivity index (χ1) is 10.4. The van der Waals surface area contributed by atoms with Crippen LogP contribution in [-0.4, -0.2) is 62.2 Å². The van der Waals surface area contributed by atoms with Crippen LogP contribution in [0.5, 0.6) is 0 Å². The van der Waals surface area contributed by atoms with Crippen molar-refractivity contribution >= 4 is 0 Å². The van der Waals surface area contributed by atoms with Gasteiger partial charge in [0.05, 0.1) is 0 Å². The molecule has 2 aliphatic rings. The maximum absolute atomic E-state index is 3.45. The molecule has 2 heterocycles. The zero-order chi connectivity index (χ0) is 14.3. The predicted octanol–water partition coefficient (Wildman–Crippen LogP) is 1.85. The molecule has 116 valence electrons. The van der Waals surface area contributed by atoms with Gasteiger partial charge in [0.25, 0.3) is 0 Å². The van der Waals surface area contributed by atoms with E-state index < -0.39 is 0 Å². The summed E-state index contributed by atoms with van der Waals surface area (Å²) >= 11 is 0. The van der Waals surface area contributed by atoms with Gasteiger partial charge in [0.15, 0.2) is 0 Å². The van der Waals surface area contributed by atoms with E-state index >= 15 is 0 Å². The zero-order valence-corrected chi connectivity index (χ0v) is 13.1. The summed E-state index contributed by atoms with van der Waals surface area (Å²) < 4.78 is 0. The van der Waals surface area contributed by atoms with E-state index in [1.54, 1.807) is 0 Å². The van der Waals surface area contributed by atoms with Gasteiger partial charge >= 0.3 is 0 Å². The van der Waals surface area contributed by atoms with Crippen molar-refractivity contribution < 1.29 is 0 Å². The average molecular weight is 287 g/mol. The highest BCUT2D eigenvalue weighted by atomic mass is 15.2. The zero-order valence-electron chi connectivity index (χ0n) is 13.1. The van der Waals surface area contributed by atoms with E-state index in [2.05, 4.69) is 45.4 Å². The highest BCUT2D eigenvalue weighted by Gasteiger charge is 2.22. The molecule has 1 N–H and O–H groups in total. The van der Waals surface area contributed by atoms with Gasteiger partial charge in [-0.25, -0.2) is 0 Å². The number of nitrogens with zero attached hydrogens (tertiary/aromatic N) is 2. The minimum Gasteiger partial charge on any atom is -0.314 e. The number of hydrogen-bond acceptors (Lipinski definition) is 3. The van der Waals surface area contributed by atoms with E-state index in [-0.39, 0.29) is 0 Å². The molecule has 0 amide bonds. The Morgan fingerprint density at radius 2 is 1.81 bits per heavy atom. The molecule has 0 aromatic heterocycles. The van der Waals surface area contributed by atoms with Crippen molar-refractivity contribution in [3.8, 4) is 0 Å². The van der Waals surface area contributed by atoms with Gasteiger partial charge in [0, 0.05) is 45.8 Å². The summed E-state index contributed by atoms with van der Waals surface area (Å²) in [5, 5.41) is 3.45. The van der Waals surface area contributed by atoms with Crippen LogP contribution in [0.3, 0.4) is 0 Å². The molecule has 2 saturated heterocycles. The van der Waals surface area contributed by atoms with Gasteiger partial charge in [0.1, 0.15) is 0 Å². The molecule has 1 aromatic rings. The fourth-order valence-corrected chi connectivity index (χ4v) is 3.69. The molecule has 0 saturated carbocycles. The summed E-state index contributed by atoms with van der Waals surface area (Å²) in [5.74, 6) is 0.882. The number of nitrogens with one attached hydrogen (secondary N) is 1. The number of likely N-dealkylation sites (tertiary alicyclic amines) is 1. The minimum atomic E-state index is 0.882. The Morgan fingerprint density at radius 3 is 2.62 bits per heavy atom. The van der Waals surface area contributed by atoms with Gasteiger partial charge in [-0.3, -0.25) is 0 Å². The highest BCUT2D eigenvalue weighted by molar-refractivity contribution is 5.14. The van der Waals surface area contributed by atoms with Crippen molar-refractivity contribution in [3.63, 3.8) is 0 Å². The lowest BCUT2D eigenvalue weighted by atomic mass is 9.96. The first-order valence-electron chi connectivity index (χ1n) is 8.59. The molecule has 0 spiro atoms. The topological polar surface area (TPSA) is 18.5 Å². The molecular weight excluding hydrogens is 258 g/mol. The first-order valence-corrected chi connectivity index (χ1v) is 8.59. The third-order valence-corrected chi connectivity index (χ3v) is 4.89. The summed E-state index contributed by atoms with van der Waals surface area (Å²) in [6, 6.07) is 10.9. The molecule has 0 bridgehead atoms. The molecule has 1 atom stereocenters. The lowest BCUT2D eigenvalue weighted by Gasteiger charge is -2.37. The molecule has 3 rings (SSSR count). The van der Waals surface area contributed by atoms with Crippen molar-refractivity contribution in [2.75, 3.05) is 52.4 Å². The maximum atomic E-state index is 3.45. The largest absolute Gasteiger partial charge is 0.314 e. The van der Waals surface area contributed by atoms with Gasteiger partial charge in [-0.2, -0.15) is 0 Å². The molecule has 0 aliphatic carbocycles. The molecule has 0 radical (unpaired) electrons. The van der Waals surface area contributed by atoms with Crippen LogP contribution in [0, 0.1) is 5.92 Å². The minimum absolute atomic E-state index is 0.882. The third kappa shape index (κ3) is 4.80. The number of piperazine rings is 1. The smallest absolute Gasteiger partial charge is 0.0107 e. The van der Waals surface area contributed by atoms with Gasteiger partial charge in [0.2, 0.25) is 0 Å². The second-order valence-corrected chi connectivity index (χ2v) is 6.60. The van der Waals surface area contributed by atoms with Crippen LogP contribution in [0.15, 0.2) is 30.3 Å². The quantitative estimate of drug-likeness (QED) is 0.891. The molecule has 1 aromatic carbocycles. The van der Waals surface area contributed by atoms with E-state index in [1.165, 1.54) is 77.2 Å². The van der Waals surface area contributed by atoms with Crippen LogP contribution in [-0.2, 0) is 6.42 Å². The van der Waals surface area contributed by atoms with E-state index in [0.29, 0.717) is 0 Å². The fraction of sp³-hybridized carbons (Fsp3) is 0.667. The molecular formula is C18H29N3. The number of rotatable bonds is 5. The van der Waals surface area contributed by atoms with Crippen molar-refractivity contribution in [1.29, 1.82) is 0 Å². The van der Waals surface area contributed by atoms with Crippen molar-refractivity contribution in [3.05, 3.63) is 35.9 Å². The predicted molar refractivity (Wildman–Crippen MR) is 88.6 cm³/mol. The first kappa shape index (κ1) is 15.0. The maximum Gasteiger partial charge on any atom is 0.0107 e. The van der Waals surface area contributed by atoms with Crippen LogP contribution < -0.4 is 5.32 Å². The highest BCUT2D eigenvalue weighted by Crippen LogP contribution is 2.18.